The smallest absolute Gasteiger partial charge is 0.326 e. The van der Waals surface area contributed by atoms with Crippen molar-refractivity contribution in [1.29, 1.82) is 0 Å². The molecule has 12 nitrogen and oxygen atoms in total. The standard InChI is InChI=1S/C19H36N6O6/c1-4-10(2)15(25-17(28)12(21)7-5-6-8-20)18(29)23-11(3)16(27)24-13(19(30)31)9-14(22)26/h10-13,15H,4-9,20-21H2,1-3H3,(H2,22,26)(H,23,29)(H,24,27)(H,25,28)(H,30,31). The molecule has 0 aromatic carbocycles. The lowest BCUT2D eigenvalue weighted by molar-refractivity contribution is -0.143. The van der Waals surface area contributed by atoms with Crippen molar-refractivity contribution in [3.8, 4) is 0 Å². The molecule has 10 N–H and O–H groups in total. The Morgan fingerprint density at radius 2 is 1.55 bits per heavy atom. The van der Waals surface area contributed by atoms with E-state index in [1.165, 1.54) is 6.92 Å². The number of amides is 4. The molecule has 0 fully saturated rings. The summed E-state index contributed by atoms with van der Waals surface area (Å²) in [7, 11) is 0. The van der Waals surface area contributed by atoms with Crippen LogP contribution in [0, 0.1) is 5.92 Å². The maximum Gasteiger partial charge on any atom is 0.326 e. The van der Waals surface area contributed by atoms with Crippen LogP contribution >= 0.6 is 0 Å². The number of carbonyl (C=O) groups excluding carboxylic acids is 4. The minimum Gasteiger partial charge on any atom is -0.480 e. The third-order valence-electron chi connectivity index (χ3n) is 4.87. The van der Waals surface area contributed by atoms with Gasteiger partial charge < -0.3 is 38.3 Å². The Bertz CT molecular complexity index is 643. The first kappa shape index (κ1) is 28.3. The average Bonchev–Trinajstić information content (AvgIpc) is 2.69. The Morgan fingerprint density at radius 3 is 2.03 bits per heavy atom. The largest absolute Gasteiger partial charge is 0.480 e. The molecule has 31 heavy (non-hydrogen) atoms. The molecular weight excluding hydrogens is 408 g/mol. The molecule has 0 rings (SSSR count). The number of primary amides is 1. The van der Waals surface area contributed by atoms with Crippen molar-refractivity contribution in [2.45, 2.75) is 77.0 Å². The van der Waals surface area contributed by atoms with Crippen molar-refractivity contribution in [3.63, 3.8) is 0 Å². The average molecular weight is 445 g/mol. The van der Waals surface area contributed by atoms with Crippen LogP contribution < -0.4 is 33.2 Å². The molecule has 0 aromatic heterocycles. The van der Waals surface area contributed by atoms with Crippen LogP contribution in [0.4, 0.5) is 0 Å². The van der Waals surface area contributed by atoms with Crippen LogP contribution in [0.1, 0.15) is 52.9 Å². The van der Waals surface area contributed by atoms with Crippen molar-refractivity contribution >= 4 is 29.6 Å². The fraction of sp³-hybridized carbons (Fsp3) is 0.737. The quantitative estimate of drug-likeness (QED) is 0.139. The van der Waals surface area contributed by atoms with Crippen LogP contribution in [0.15, 0.2) is 0 Å². The van der Waals surface area contributed by atoms with E-state index in [4.69, 9.17) is 22.3 Å². The zero-order valence-corrected chi connectivity index (χ0v) is 18.3. The highest BCUT2D eigenvalue weighted by Gasteiger charge is 2.31. The van der Waals surface area contributed by atoms with E-state index in [9.17, 15) is 24.0 Å². The molecule has 0 aliphatic carbocycles. The number of carboxylic acids is 1. The highest BCUT2D eigenvalue weighted by molar-refractivity contribution is 5.94. The summed E-state index contributed by atoms with van der Waals surface area (Å²) < 4.78 is 0. The monoisotopic (exact) mass is 444 g/mol. The highest BCUT2D eigenvalue weighted by atomic mass is 16.4. The molecule has 0 spiro atoms. The zero-order valence-electron chi connectivity index (χ0n) is 18.3. The third-order valence-corrected chi connectivity index (χ3v) is 4.87. The summed E-state index contributed by atoms with van der Waals surface area (Å²) in [5.74, 6) is -4.49. The number of hydrogen-bond donors (Lipinski definition) is 7. The van der Waals surface area contributed by atoms with Crippen LogP contribution in [0.25, 0.3) is 0 Å². The number of aliphatic carboxylic acids is 1. The second-order valence-corrected chi connectivity index (χ2v) is 7.56. The van der Waals surface area contributed by atoms with Gasteiger partial charge in [-0.1, -0.05) is 26.7 Å². The summed E-state index contributed by atoms with van der Waals surface area (Å²) in [5.41, 5.74) is 16.3. The summed E-state index contributed by atoms with van der Waals surface area (Å²) in [6.07, 6.45) is 1.82. The van der Waals surface area contributed by atoms with Gasteiger partial charge in [-0.15, -0.1) is 0 Å². The van der Waals surface area contributed by atoms with Gasteiger partial charge >= 0.3 is 5.97 Å². The molecule has 0 aliphatic rings. The molecule has 0 bridgehead atoms. The van der Waals surface area contributed by atoms with Crippen LogP contribution in [-0.2, 0) is 24.0 Å². The zero-order chi connectivity index (χ0) is 24.1. The minimum absolute atomic E-state index is 0.253. The summed E-state index contributed by atoms with van der Waals surface area (Å²) in [6, 6.07) is -4.36. The predicted octanol–water partition coefficient (Wildman–Crippen LogP) is -2.08. The molecule has 178 valence electrons. The Kier molecular flexibility index (Phi) is 13.0. The molecule has 0 heterocycles. The van der Waals surface area contributed by atoms with Gasteiger partial charge in [-0.3, -0.25) is 19.2 Å². The van der Waals surface area contributed by atoms with E-state index >= 15 is 0 Å². The maximum absolute atomic E-state index is 12.7. The highest BCUT2D eigenvalue weighted by Crippen LogP contribution is 2.09. The summed E-state index contributed by atoms with van der Waals surface area (Å²) in [6.45, 7) is 5.46. The van der Waals surface area contributed by atoms with Gasteiger partial charge in [0, 0.05) is 0 Å². The normalized spacial score (nSPS) is 15.6. The molecule has 0 radical (unpaired) electrons. The van der Waals surface area contributed by atoms with E-state index in [1.54, 1.807) is 6.92 Å². The van der Waals surface area contributed by atoms with Crippen LogP contribution in [0.2, 0.25) is 0 Å². The molecular formula is C19H36N6O6. The topological polar surface area (TPSA) is 220 Å². The lowest BCUT2D eigenvalue weighted by Crippen LogP contribution is -2.58. The van der Waals surface area contributed by atoms with Gasteiger partial charge in [0.15, 0.2) is 0 Å². The van der Waals surface area contributed by atoms with E-state index < -0.39 is 60.2 Å². The summed E-state index contributed by atoms with van der Waals surface area (Å²) >= 11 is 0. The van der Waals surface area contributed by atoms with E-state index in [0.717, 1.165) is 6.42 Å². The van der Waals surface area contributed by atoms with Crippen molar-refractivity contribution in [2.24, 2.45) is 23.1 Å². The van der Waals surface area contributed by atoms with Gasteiger partial charge in [-0.05, 0) is 32.2 Å². The second kappa shape index (κ2) is 14.3. The Hall–Kier alpha value is -2.73. The van der Waals surface area contributed by atoms with Crippen molar-refractivity contribution in [2.75, 3.05) is 6.54 Å². The lowest BCUT2D eigenvalue weighted by Gasteiger charge is -2.26. The molecule has 0 saturated carbocycles. The molecule has 5 atom stereocenters. The summed E-state index contributed by atoms with van der Waals surface area (Å²) in [5, 5.41) is 16.3. The molecule has 4 amide bonds. The first-order chi connectivity index (χ1) is 14.4. The van der Waals surface area contributed by atoms with E-state index in [1.807, 2.05) is 6.92 Å². The van der Waals surface area contributed by atoms with Crippen molar-refractivity contribution < 1.29 is 29.1 Å². The van der Waals surface area contributed by atoms with Crippen molar-refractivity contribution in [1.82, 2.24) is 16.0 Å². The van der Waals surface area contributed by atoms with Gasteiger partial charge in [0.25, 0.3) is 0 Å². The second-order valence-electron chi connectivity index (χ2n) is 7.56. The van der Waals surface area contributed by atoms with Gasteiger partial charge in [0.1, 0.15) is 18.1 Å². The number of hydrogen-bond acceptors (Lipinski definition) is 7. The minimum atomic E-state index is -1.51. The van der Waals surface area contributed by atoms with Gasteiger partial charge in [-0.25, -0.2) is 4.79 Å². The number of nitrogens with one attached hydrogen (secondary N) is 3. The summed E-state index contributed by atoms with van der Waals surface area (Å²) in [4.78, 5) is 59.5. The Balaban J connectivity index is 5.06. The van der Waals surface area contributed by atoms with Gasteiger partial charge in [-0.2, -0.15) is 0 Å². The Labute approximate surface area is 182 Å². The maximum atomic E-state index is 12.7. The first-order valence-electron chi connectivity index (χ1n) is 10.3. The predicted molar refractivity (Wildman–Crippen MR) is 113 cm³/mol. The van der Waals surface area contributed by atoms with E-state index in [2.05, 4.69) is 16.0 Å². The fourth-order valence-electron chi connectivity index (χ4n) is 2.67. The van der Waals surface area contributed by atoms with E-state index in [-0.39, 0.29) is 5.92 Å². The third kappa shape index (κ3) is 10.7. The molecule has 0 aliphatic heterocycles. The SMILES string of the molecule is CCC(C)C(NC(=O)C(N)CCCCN)C(=O)NC(C)C(=O)NC(CC(N)=O)C(=O)O. The van der Waals surface area contributed by atoms with E-state index in [0.29, 0.717) is 25.8 Å². The Morgan fingerprint density at radius 1 is 0.935 bits per heavy atom. The van der Waals surface area contributed by atoms with Crippen LogP contribution in [0.5, 0.6) is 0 Å². The molecule has 0 saturated heterocycles. The fourth-order valence-corrected chi connectivity index (χ4v) is 2.67. The van der Waals surface area contributed by atoms with Crippen LogP contribution in [-0.4, -0.2) is 65.4 Å². The first-order valence-corrected chi connectivity index (χ1v) is 10.3. The molecule has 12 heteroatoms. The number of nitrogens with two attached hydrogens (primary N) is 3. The number of carbonyl (C=O) groups is 5. The van der Waals surface area contributed by atoms with Gasteiger partial charge in [0.2, 0.25) is 23.6 Å². The van der Waals surface area contributed by atoms with Gasteiger partial charge in [0.05, 0.1) is 12.5 Å². The van der Waals surface area contributed by atoms with Crippen LogP contribution in [0.3, 0.4) is 0 Å². The number of carboxylic acid groups (broad SMARTS) is 1. The lowest BCUT2D eigenvalue weighted by atomic mass is 9.97. The number of unbranched alkanes of at least 4 members (excludes halogenated alkanes) is 1. The molecule has 0 aromatic rings. The van der Waals surface area contributed by atoms with Crippen molar-refractivity contribution in [3.05, 3.63) is 0 Å². The number of rotatable bonds is 15. The molecule has 5 unspecified atom stereocenters.